The van der Waals surface area contributed by atoms with Crippen LogP contribution in [0.3, 0.4) is 0 Å². The fraction of sp³-hybridized carbons (Fsp3) is 0.300. The molecule has 2 atom stereocenters. The van der Waals surface area contributed by atoms with Crippen molar-refractivity contribution in [1.82, 2.24) is 19.0 Å². The lowest BCUT2D eigenvalue weighted by atomic mass is 10.1. The second-order valence-corrected chi connectivity index (χ2v) is 9.24. The molecule has 1 aliphatic heterocycles. The summed E-state index contributed by atoms with van der Waals surface area (Å²) in [6, 6.07) is 9.90. The molecule has 152 valence electrons. The number of pyridine rings is 1. The molecule has 1 aliphatic rings. The molecule has 0 saturated carbocycles. The number of sulfonamides is 1. The van der Waals surface area contributed by atoms with Gasteiger partial charge in [0.05, 0.1) is 16.6 Å². The number of hydrogen-bond donors (Lipinski definition) is 2. The molecule has 4 rings (SSSR count). The number of β-amino-alcohol motifs (C(OH)–C–C–N with tert-alkyl or cyclic N) is 1. The molecule has 2 N–H and O–H groups in total. The van der Waals surface area contributed by atoms with Crippen molar-refractivity contribution in [2.75, 3.05) is 13.1 Å². The lowest BCUT2D eigenvalue weighted by Gasteiger charge is -2.16. The number of nitrogens with zero attached hydrogens (tertiary/aromatic N) is 3. The summed E-state index contributed by atoms with van der Waals surface area (Å²) in [7, 11) is -3.63. The van der Waals surface area contributed by atoms with Crippen LogP contribution in [0.1, 0.15) is 22.8 Å². The van der Waals surface area contributed by atoms with Crippen molar-refractivity contribution in [3.63, 3.8) is 0 Å². The number of amides is 1. The number of imidazole rings is 1. The van der Waals surface area contributed by atoms with E-state index >= 15 is 0 Å². The van der Waals surface area contributed by atoms with E-state index < -0.39 is 16.1 Å². The number of nitrogens with one attached hydrogen (secondary N) is 1. The van der Waals surface area contributed by atoms with Crippen LogP contribution in [0.5, 0.6) is 0 Å². The lowest BCUT2D eigenvalue weighted by molar-refractivity contribution is 0.0950. The molecule has 0 unspecified atom stereocenters. The van der Waals surface area contributed by atoms with Crippen molar-refractivity contribution in [2.45, 2.75) is 24.5 Å². The molecule has 9 heteroatoms. The number of benzene rings is 1. The summed E-state index contributed by atoms with van der Waals surface area (Å²) >= 11 is 0. The van der Waals surface area contributed by atoms with E-state index in [0.717, 1.165) is 11.2 Å². The van der Waals surface area contributed by atoms with Crippen molar-refractivity contribution >= 4 is 21.6 Å². The Bertz CT molecular complexity index is 1130. The minimum absolute atomic E-state index is 0.0826. The molecule has 0 spiro atoms. The minimum atomic E-state index is -3.63. The molecule has 0 radical (unpaired) electrons. The molecule has 0 bridgehead atoms. The van der Waals surface area contributed by atoms with Crippen LogP contribution >= 0.6 is 0 Å². The largest absolute Gasteiger partial charge is 0.391 e. The van der Waals surface area contributed by atoms with Gasteiger partial charge < -0.3 is 14.8 Å². The lowest BCUT2D eigenvalue weighted by Crippen LogP contribution is -2.29. The number of aromatic nitrogens is 2. The normalized spacial score (nSPS) is 20.2. The van der Waals surface area contributed by atoms with Crippen LogP contribution in [0.2, 0.25) is 0 Å². The highest BCUT2D eigenvalue weighted by atomic mass is 32.2. The summed E-state index contributed by atoms with van der Waals surface area (Å²) in [5.41, 5.74) is 2.06. The van der Waals surface area contributed by atoms with Crippen LogP contribution in [0, 0.1) is 5.92 Å². The van der Waals surface area contributed by atoms with Crippen molar-refractivity contribution in [1.29, 1.82) is 0 Å². The van der Waals surface area contributed by atoms with Gasteiger partial charge >= 0.3 is 0 Å². The standard InChI is InChI=1S/C20H22N4O4S/c1-14-11-24(13-18(14)25)29(27,28)17-5-2-15(3-6-17)10-22-20(26)16-4-7-19-21-8-9-23(19)12-16/h2-9,12,14,18,25H,10-11,13H2,1H3,(H,22,26)/t14-,18-/m0/s1. The van der Waals surface area contributed by atoms with Crippen LogP contribution in [-0.4, -0.2) is 52.3 Å². The number of fused-ring (bicyclic) bond motifs is 1. The molecular weight excluding hydrogens is 392 g/mol. The third kappa shape index (κ3) is 3.89. The summed E-state index contributed by atoms with van der Waals surface area (Å²) < 4.78 is 28.5. The van der Waals surface area contributed by atoms with Gasteiger partial charge in [-0.15, -0.1) is 0 Å². The SMILES string of the molecule is C[C@H]1CN(S(=O)(=O)c2ccc(CNC(=O)c3ccc4nccn4c3)cc2)C[C@@H]1O. The molecule has 1 aromatic carbocycles. The molecule has 1 saturated heterocycles. The minimum Gasteiger partial charge on any atom is -0.391 e. The summed E-state index contributed by atoms with van der Waals surface area (Å²) in [5, 5.41) is 12.7. The van der Waals surface area contributed by atoms with Crippen molar-refractivity contribution in [3.05, 3.63) is 66.1 Å². The monoisotopic (exact) mass is 414 g/mol. The van der Waals surface area contributed by atoms with Crippen LogP contribution in [0.15, 0.2) is 59.9 Å². The predicted molar refractivity (Wildman–Crippen MR) is 107 cm³/mol. The Hall–Kier alpha value is -2.75. The first kappa shape index (κ1) is 19.6. The molecule has 3 heterocycles. The molecule has 0 aliphatic carbocycles. The Morgan fingerprint density at radius 1 is 1.21 bits per heavy atom. The number of carbonyl (C=O) groups is 1. The zero-order valence-corrected chi connectivity index (χ0v) is 16.7. The zero-order valence-electron chi connectivity index (χ0n) is 15.9. The van der Waals surface area contributed by atoms with E-state index in [9.17, 15) is 18.3 Å². The Kier molecular flexibility index (Phi) is 5.12. The van der Waals surface area contributed by atoms with Gasteiger partial charge in [-0.1, -0.05) is 19.1 Å². The van der Waals surface area contributed by atoms with Crippen LogP contribution in [0.4, 0.5) is 0 Å². The Labute approximate surface area is 168 Å². The maximum Gasteiger partial charge on any atom is 0.253 e. The maximum atomic E-state index is 12.7. The third-order valence-corrected chi connectivity index (χ3v) is 7.05. The van der Waals surface area contributed by atoms with Crippen LogP contribution in [-0.2, 0) is 16.6 Å². The number of hydrogen-bond acceptors (Lipinski definition) is 5. The molecule has 29 heavy (non-hydrogen) atoms. The van der Waals surface area contributed by atoms with E-state index in [0.29, 0.717) is 12.1 Å². The fourth-order valence-corrected chi connectivity index (χ4v) is 4.93. The van der Waals surface area contributed by atoms with Gasteiger partial charge in [-0.3, -0.25) is 4.79 Å². The smallest absolute Gasteiger partial charge is 0.253 e. The van der Waals surface area contributed by atoms with Gasteiger partial charge in [0.2, 0.25) is 10.0 Å². The number of rotatable bonds is 5. The fourth-order valence-electron chi connectivity index (χ4n) is 3.37. The quantitative estimate of drug-likeness (QED) is 0.654. The highest BCUT2D eigenvalue weighted by Crippen LogP contribution is 2.24. The zero-order chi connectivity index (χ0) is 20.6. The van der Waals surface area contributed by atoms with Gasteiger partial charge in [-0.2, -0.15) is 4.31 Å². The molecular formula is C20H22N4O4S. The van der Waals surface area contributed by atoms with E-state index in [1.165, 1.54) is 16.4 Å². The Balaban J connectivity index is 1.41. The molecule has 1 fully saturated rings. The highest BCUT2D eigenvalue weighted by molar-refractivity contribution is 7.89. The van der Waals surface area contributed by atoms with Gasteiger partial charge in [0, 0.05) is 38.2 Å². The van der Waals surface area contributed by atoms with Crippen LogP contribution in [0.25, 0.3) is 5.65 Å². The summed E-state index contributed by atoms with van der Waals surface area (Å²) in [5.74, 6) is -0.307. The predicted octanol–water partition coefficient (Wildman–Crippen LogP) is 1.27. The summed E-state index contributed by atoms with van der Waals surface area (Å²) in [4.78, 5) is 16.7. The first-order chi connectivity index (χ1) is 13.8. The average Bonchev–Trinajstić information content (AvgIpc) is 3.32. The van der Waals surface area contributed by atoms with Gasteiger partial charge in [0.25, 0.3) is 5.91 Å². The first-order valence-electron chi connectivity index (χ1n) is 9.32. The molecule has 3 aromatic rings. The van der Waals surface area contributed by atoms with Gasteiger partial charge in [0.15, 0.2) is 0 Å². The van der Waals surface area contributed by atoms with E-state index in [2.05, 4.69) is 10.3 Å². The van der Waals surface area contributed by atoms with Crippen molar-refractivity contribution in [3.8, 4) is 0 Å². The second-order valence-electron chi connectivity index (χ2n) is 7.30. The number of aliphatic hydroxyl groups excluding tert-OH is 1. The summed E-state index contributed by atoms with van der Waals surface area (Å²) in [6.45, 7) is 2.53. The second kappa shape index (κ2) is 7.58. The topological polar surface area (TPSA) is 104 Å². The third-order valence-electron chi connectivity index (χ3n) is 5.20. The Morgan fingerprint density at radius 2 is 1.97 bits per heavy atom. The summed E-state index contributed by atoms with van der Waals surface area (Å²) in [6.07, 6.45) is 4.50. The van der Waals surface area contributed by atoms with E-state index in [-0.39, 0.29) is 29.8 Å². The number of carbonyl (C=O) groups excluding carboxylic acids is 1. The van der Waals surface area contributed by atoms with E-state index in [4.69, 9.17) is 0 Å². The maximum absolute atomic E-state index is 12.7. The van der Waals surface area contributed by atoms with Crippen molar-refractivity contribution < 1.29 is 18.3 Å². The van der Waals surface area contributed by atoms with Gasteiger partial charge in [-0.05, 0) is 35.7 Å². The van der Waals surface area contributed by atoms with Crippen molar-refractivity contribution in [2.24, 2.45) is 5.92 Å². The van der Waals surface area contributed by atoms with Gasteiger partial charge in [0.1, 0.15) is 5.65 Å². The average molecular weight is 414 g/mol. The van der Waals surface area contributed by atoms with Crippen LogP contribution < -0.4 is 5.32 Å². The number of aliphatic hydroxyl groups is 1. The molecule has 8 nitrogen and oxygen atoms in total. The van der Waals surface area contributed by atoms with Gasteiger partial charge in [-0.25, -0.2) is 13.4 Å². The molecule has 2 aromatic heterocycles. The van der Waals surface area contributed by atoms with E-state index in [1.54, 1.807) is 47.3 Å². The molecule has 1 amide bonds. The Morgan fingerprint density at radius 3 is 2.66 bits per heavy atom. The first-order valence-corrected chi connectivity index (χ1v) is 10.8. The highest BCUT2D eigenvalue weighted by Gasteiger charge is 2.36. The van der Waals surface area contributed by atoms with E-state index in [1.807, 2.05) is 6.92 Å².